The molecule has 0 bridgehead atoms. The van der Waals surface area contributed by atoms with Gasteiger partial charge in [0, 0.05) is 19.5 Å². The van der Waals surface area contributed by atoms with Crippen LogP contribution >= 0.6 is 0 Å². The van der Waals surface area contributed by atoms with Crippen LogP contribution in [0.25, 0.3) is 0 Å². The summed E-state index contributed by atoms with van der Waals surface area (Å²) in [4.78, 5) is 23.9. The molecule has 1 aliphatic rings. The molecule has 0 atom stereocenters. The summed E-state index contributed by atoms with van der Waals surface area (Å²) in [6.45, 7) is 5.92. The molecule has 0 unspecified atom stereocenters. The summed E-state index contributed by atoms with van der Waals surface area (Å²) < 4.78 is 0. The molecule has 92 valence electrons. The van der Waals surface area contributed by atoms with Crippen LogP contribution in [0.5, 0.6) is 0 Å². The van der Waals surface area contributed by atoms with Crippen molar-refractivity contribution in [3.05, 3.63) is 0 Å². The Balaban J connectivity index is 2.46. The third-order valence-electron chi connectivity index (χ3n) is 3.84. The predicted molar refractivity (Wildman–Crippen MR) is 61.1 cm³/mol. The number of hydrogen-bond acceptors (Lipinski definition) is 2. The van der Waals surface area contributed by atoms with Gasteiger partial charge in [-0.05, 0) is 24.7 Å². The Kier molecular flexibility index (Phi) is 4.33. The Morgan fingerprint density at radius 2 is 1.88 bits per heavy atom. The van der Waals surface area contributed by atoms with Gasteiger partial charge in [0.2, 0.25) is 5.91 Å². The molecule has 1 N–H and O–H groups in total. The highest BCUT2D eigenvalue weighted by Gasteiger charge is 2.36. The number of likely N-dealkylation sites (tertiary alicyclic amines) is 1. The minimum Gasteiger partial charge on any atom is -0.481 e. The molecule has 0 aromatic carbocycles. The molecule has 0 aromatic heterocycles. The van der Waals surface area contributed by atoms with Gasteiger partial charge in [0.05, 0.1) is 6.42 Å². The zero-order valence-electron chi connectivity index (χ0n) is 10.2. The van der Waals surface area contributed by atoms with Crippen LogP contribution in [-0.4, -0.2) is 35.0 Å². The van der Waals surface area contributed by atoms with E-state index in [0.29, 0.717) is 0 Å². The van der Waals surface area contributed by atoms with Crippen molar-refractivity contribution in [2.45, 2.75) is 46.0 Å². The van der Waals surface area contributed by atoms with E-state index in [-0.39, 0.29) is 24.2 Å². The van der Waals surface area contributed by atoms with E-state index in [1.165, 1.54) is 0 Å². The van der Waals surface area contributed by atoms with Crippen molar-refractivity contribution in [3.8, 4) is 0 Å². The molecule has 1 saturated heterocycles. The number of carboxylic acids is 1. The second-order valence-corrected chi connectivity index (χ2v) is 4.67. The van der Waals surface area contributed by atoms with Crippen LogP contribution in [-0.2, 0) is 9.59 Å². The predicted octanol–water partition coefficient (Wildman–Crippen LogP) is 1.89. The van der Waals surface area contributed by atoms with E-state index in [4.69, 9.17) is 5.11 Å². The summed E-state index contributed by atoms with van der Waals surface area (Å²) in [6, 6.07) is 0. The molecular weight excluding hydrogens is 206 g/mol. The molecule has 0 spiro atoms. The van der Waals surface area contributed by atoms with Crippen molar-refractivity contribution in [1.29, 1.82) is 0 Å². The summed E-state index contributed by atoms with van der Waals surface area (Å²) in [7, 11) is 0. The molecule has 1 aliphatic heterocycles. The molecule has 1 heterocycles. The van der Waals surface area contributed by atoms with Crippen LogP contribution in [0.3, 0.4) is 0 Å². The van der Waals surface area contributed by atoms with Crippen molar-refractivity contribution in [1.82, 2.24) is 4.90 Å². The first kappa shape index (κ1) is 13.0. The number of hydrogen-bond donors (Lipinski definition) is 1. The van der Waals surface area contributed by atoms with Crippen LogP contribution < -0.4 is 0 Å². The summed E-state index contributed by atoms with van der Waals surface area (Å²) in [5.41, 5.74) is 0.277. The number of nitrogens with zero attached hydrogens (tertiary/aromatic N) is 1. The van der Waals surface area contributed by atoms with E-state index in [9.17, 15) is 9.59 Å². The average Bonchev–Trinajstić information content (AvgIpc) is 2.71. The van der Waals surface area contributed by atoms with Crippen molar-refractivity contribution in [2.24, 2.45) is 5.41 Å². The number of aliphatic carboxylic acids is 1. The first-order chi connectivity index (χ1) is 7.53. The van der Waals surface area contributed by atoms with Crippen LogP contribution in [0.1, 0.15) is 46.0 Å². The lowest BCUT2D eigenvalue weighted by Gasteiger charge is -2.26. The Morgan fingerprint density at radius 3 is 2.31 bits per heavy atom. The van der Waals surface area contributed by atoms with E-state index in [2.05, 4.69) is 13.8 Å². The number of carbonyl (C=O) groups excluding carboxylic acids is 1. The minimum absolute atomic E-state index is 0.00817. The second-order valence-electron chi connectivity index (χ2n) is 4.67. The maximum absolute atomic E-state index is 11.7. The fraction of sp³-hybridized carbons (Fsp3) is 0.833. The van der Waals surface area contributed by atoms with Gasteiger partial charge in [-0.1, -0.05) is 13.8 Å². The van der Waals surface area contributed by atoms with Gasteiger partial charge in [-0.3, -0.25) is 9.59 Å². The van der Waals surface area contributed by atoms with Crippen molar-refractivity contribution in [3.63, 3.8) is 0 Å². The zero-order chi connectivity index (χ0) is 12.2. The molecule has 0 aliphatic carbocycles. The first-order valence-electron chi connectivity index (χ1n) is 6.02. The smallest absolute Gasteiger partial charge is 0.303 e. The molecule has 0 saturated carbocycles. The molecule has 1 rings (SSSR count). The van der Waals surface area contributed by atoms with Crippen LogP contribution in [0.2, 0.25) is 0 Å². The van der Waals surface area contributed by atoms with Gasteiger partial charge in [-0.2, -0.15) is 0 Å². The van der Waals surface area contributed by atoms with E-state index in [1.54, 1.807) is 0 Å². The first-order valence-corrected chi connectivity index (χ1v) is 6.02. The zero-order valence-corrected chi connectivity index (χ0v) is 10.2. The highest BCUT2D eigenvalue weighted by Crippen LogP contribution is 2.37. The summed E-state index contributed by atoms with van der Waals surface area (Å²) in [6.07, 6.45) is 3.32. The maximum atomic E-state index is 11.7. The lowest BCUT2D eigenvalue weighted by molar-refractivity contribution is -0.140. The minimum atomic E-state index is -0.898. The summed E-state index contributed by atoms with van der Waals surface area (Å²) >= 11 is 0. The molecule has 0 aromatic rings. The quantitative estimate of drug-likeness (QED) is 0.780. The Morgan fingerprint density at radius 1 is 1.25 bits per heavy atom. The third-order valence-corrected chi connectivity index (χ3v) is 3.84. The fourth-order valence-electron chi connectivity index (χ4n) is 2.35. The average molecular weight is 227 g/mol. The Hall–Kier alpha value is -1.06. The van der Waals surface area contributed by atoms with Gasteiger partial charge < -0.3 is 10.0 Å². The lowest BCUT2D eigenvalue weighted by atomic mass is 9.82. The highest BCUT2D eigenvalue weighted by molar-refractivity contribution is 5.81. The Labute approximate surface area is 96.6 Å². The molecule has 1 amide bonds. The van der Waals surface area contributed by atoms with Crippen molar-refractivity contribution >= 4 is 11.9 Å². The largest absolute Gasteiger partial charge is 0.481 e. The van der Waals surface area contributed by atoms with E-state index < -0.39 is 5.97 Å². The monoisotopic (exact) mass is 227 g/mol. The SMILES string of the molecule is CCC1(CC)CCN(C(=O)CCC(=O)O)C1. The number of amides is 1. The fourth-order valence-corrected chi connectivity index (χ4v) is 2.35. The van der Waals surface area contributed by atoms with Crippen LogP contribution in [0, 0.1) is 5.41 Å². The van der Waals surface area contributed by atoms with Gasteiger partial charge in [0.1, 0.15) is 0 Å². The lowest BCUT2D eigenvalue weighted by Crippen LogP contribution is -2.31. The van der Waals surface area contributed by atoms with E-state index in [1.807, 2.05) is 4.90 Å². The van der Waals surface area contributed by atoms with E-state index >= 15 is 0 Å². The summed E-state index contributed by atoms with van der Waals surface area (Å²) in [5, 5.41) is 8.53. The number of rotatable bonds is 5. The van der Waals surface area contributed by atoms with Crippen LogP contribution in [0.4, 0.5) is 0 Å². The second kappa shape index (κ2) is 5.32. The highest BCUT2D eigenvalue weighted by atomic mass is 16.4. The van der Waals surface area contributed by atoms with Gasteiger partial charge in [-0.15, -0.1) is 0 Å². The van der Waals surface area contributed by atoms with E-state index in [0.717, 1.165) is 32.4 Å². The molecule has 4 nitrogen and oxygen atoms in total. The normalized spacial score (nSPS) is 18.8. The molecular formula is C12H21NO3. The van der Waals surface area contributed by atoms with Crippen LogP contribution in [0.15, 0.2) is 0 Å². The molecule has 16 heavy (non-hydrogen) atoms. The number of carbonyl (C=O) groups is 2. The third kappa shape index (κ3) is 2.97. The van der Waals surface area contributed by atoms with Gasteiger partial charge in [-0.25, -0.2) is 0 Å². The molecule has 4 heteroatoms. The van der Waals surface area contributed by atoms with Gasteiger partial charge >= 0.3 is 5.97 Å². The molecule has 1 fully saturated rings. The van der Waals surface area contributed by atoms with Crippen molar-refractivity contribution < 1.29 is 14.7 Å². The molecule has 0 radical (unpaired) electrons. The standard InChI is InChI=1S/C12H21NO3/c1-3-12(4-2)7-8-13(9-12)10(14)5-6-11(15)16/h3-9H2,1-2H3,(H,15,16). The topological polar surface area (TPSA) is 57.6 Å². The maximum Gasteiger partial charge on any atom is 0.303 e. The Bertz CT molecular complexity index is 271. The van der Waals surface area contributed by atoms with Gasteiger partial charge in [0.15, 0.2) is 0 Å². The van der Waals surface area contributed by atoms with Gasteiger partial charge in [0.25, 0.3) is 0 Å². The van der Waals surface area contributed by atoms with Crippen molar-refractivity contribution in [2.75, 3.05) is 13.1 Å². The number of carboxylic acid groups (broad SMARTS) is 1. The summed E-state index contributed by atoms with van der Waals surface area (Å²) in [5.74, 6) is -0.907.